The maximum Gasteiger partial charge on any atom is 0.120 e. The fourth-order valence-electron chi connectivity index (χ4n) is 1.80. The molecular formula is C15H17ClN2O. The standard InChI is InChI=1S/C15H17ClN2O/c1-17-14(9-12-5-7-18-8-6-12)11-19-15-4-2-3-13(16)10-15/h2-8,10,14,17H,9,11H2,1H3. The first-order valence-electron chi connectivity index (χ1n) is 6.22. The molecule has 0 saturated carbocycles. The molecule has 100 valence electrons. The lowest BCUT2D eigenvalue weighted by Gasteiger charge is -2.17. The van der Waals surface area contributed by atoms with Crippen molar-refractivity contribution in [3.8, 4) is 5.75 Å². The van der Waals surface area contributed by atoms with Crippen molar-refractivity contribution in [2.24, 2.45) is 0 Å². The van der Waals surface area contributed by atoms with Crippen molar-refractivity contribution < 1.29 is 4.74 Å². The molecule has 0 saturated heterocycles. The predicted molar refractivity (Wildman–Crippen MR) is 77.7 cm³/mol. The smallest absolute Gasteiger partial charge is 0.120 e. The SMILES string of the molecule is CNC(COc1cccc(Cl)c1)Cc1ccncc1. The van der Waals surface area contributed by atoms with E-state index in [0.717, 1.165) is 12.2 Å². The van der Waals surface area contributed by atoms with E-state index in [9.17, 15) is 0 Å². The van der Waals surface area contributed by atoms with Gasteiger partial charge in [0.2, 0.25) is 0 Å². The normalized spacial score (nSPS) is 12.1. The van der Waals surface area contributed by atoms with Crippen molar-refractivity contribution in [2.45, 2.75) is 12.5 Å². The second-order valence-corrected chi connectivity index (χ2v) is 4.75. The van der Waals surface area contributed by atoms with Crippen LogP contribution in [-0.2, 0) is 6.42 Å². The van der Waals surface area contributed by atoms with Gasteiger partial charge in [0.25, 0.3) is 0 Å². The number of hydrogen-bond acceptors (Lipinski definition) is 3. The average molecular weight is 277 g/mol. The summed E-state index contributed by atoms with van der Waals surface area (Å²) in [4.78, 5) is 4.02. The van der Waals surface area contributed by atoms with Crippen LogP contribution in [-0.4, -0.2) is 24.7 Å². The van der Waals surface area contributed by atoms with E-state index in [4.69, 9.17) is 16.3 Å². The summed E-state index contributed by atoms with van der Waals surface area (Å²) < 4.78 is 5.75. The number of aromatic nitrogens is 1. The van der Waals surface area contributed by atoms with Gasteiger partial charge in [-0.2, -0.15) is 0 Å². The molecular weight excluding hydrogens is 260 g/mol. The fraction of sp³-hybridized carbons (Fsp3) is 0.267. The van der Waals surface area contributed by atoms with Gasteiger partial charge in [0.05, 0.1) is 0 Å². The van der Waals surface area contributed by atoms with Gasteiger partial charge in [0, 0.05) is 23.5 Å². The molecule has 1 aromatic heterocycles. The Hall–Kier alpha value is -1.58. The first-order valence-corrected chi connectivity index (χ1v) is 6.60. The first-order chi connectivity index (χ1) is 9.28. The minimum atomic E-state index is 0.251. The molecule has 1 N–H and O–H groups in total. The second-order valence-electron chi connectivity index (χ2n) is 4.31. The monoisotopic (exact) mass is 276 g/mol. The van der Waals surface area contributed by atoms with Crippen LogP contribution in [0.2, 0.25) is 5.02 Å². The maximum absolute atomic E-state index is 5.92. The number of nitrogens with zero attached hydrogens (tertiary/aromatic N) is 1. The second kappa shape index (κ2) is 7.12. The molecule has 0 radical (unpaired) electrons. The Morgan fingerprint density at radius 3 is 2.74 bits per heavy atom. The molecule has 0 aliphatic rings. The molecule has 0 amide bonds. The number of halogens is 1. The van der Waals surface area contributed by atoms with Crippen LogP contribution in [0.3, 0.4) is 0 Å². The van der Waals surface area contributed by atoms with Crippen molar-refractivity contribution in [1.29, 1.82) is 0 Å². The highest BCUT2D eigenvalue weighted by Crippen LogP contribution is 2.17. The Morgan fingerprint density at radius 1 is 1.26 bits per heavy atom. The van der Waals surface area contributed by atoms with Gasteiger partial charge in [-0.15, -0.1) is 0 Å². The summed E-state index contributed by atoms with van der Waals surface area (Å²) in [6.07, 6.45) is 4.51. The van der Waals surface area contributed by atoms with Gasteiger partial charge in [0.1, 0.15) is 12.4 Å². The predicted octanol–water partition coefficient (Wildman–Crippen LogP) is 2.94. The Bertz CT molecular complexity index is 505. The largest absolute Gasteiger partial charge is 0.492 e. The van der Waals surface area contributed by atoms with E-state index in [2.05, 4.69) is 10.3 Å². The van der Waals surface area contributed by atoms with Crippen LogP contribution < -0.4 is 10.1 Å². The Labute approximate surface area is 118 Å². The highest BCUT2D eigenvalue weighted by Gasteiger charge is 2.08. The van der Waals surface area contributed by atoms with Crippen molar-refractivity contribution in [3.63, 3.8) is 0 Å². The highest BCUT2D eigenvalue weighted by atomic mass is 35.5. The fourth-order valence-corrected chi connectivity index (χ4v) is 1.98. The third-order valence-electron chi connectivity index (χ3n) is 2.89. The van der Waals surface area contributed by atoms with Crippen LogP contribution in [0, 0.1) is 0 Å². The van der Waals surface area contributed by atoms with Gasteiger partial charge in [-0.1, -0.05) is 17.7 Å². The third-order valence-corrected chi connectivity index (χ3v) is 3.12. The van der Waals surface area contributed by atoms with Crippen molar-refractivity contribution in [3.05, 3.63) is 59.4 Å². The van der Waals surface area contributed by atoms with Crippen molar-refractivity contribution in [2.75, 3.05) is 13.7 Å². The molecule has 1 atom stereocenters. The van der Waals surface area contributed by atoms with Gasteiger partial charge in [-0.05, 0) is 49.4 Å². The van der Waals surface area contributed by atoms with Gasteiger partial charge in [-0.3, -0.25) is 4.98 Å². The minimum absolute atomic E-state index is 0.251. The van der Waals surface area contributed by atoms with Crippen LogP contribution in [0.5, 0.6) is 5.75 Å². The number of nitrogens with one attached hydrogen (secondary N) is 1. The summed E-state index contributed by atoms with van der Waals surface area (Å²) in [6.45, 7) is 0.596. The lowest BCUT2D eigenvalue weighted by atomic mass is 10.1. The van der Waals surface area contributed by atoms with Crippen LogP contribution in [0.1, 0.15) is 5.56 Å². The molecule has 0 spiro atoms. The summed E-state index contributed by atoms with van der Waals surface area (Å²) in [7, 11) is 1.94. The topological polar surface area (TPSA) is 34.1 Å². The first kappa shape index (κ1) is 13.8. The van der Waals surface area contributed by atoms with E-state index >= 15 is 0 Å². The molecule has 1 heterocycles. The van der Waals surface area contributed by atoms with Crippen molar-refractivity contribution >= 4 is 11.6 Å². The molecule has 2 rings (SSSR count). The van der Waals surface area contributed by atoms with E-state index in [0.29, 0.717) is 11.6 Å². The number of likely N-dealkylation sites (N-methyl/N-ethyl adjacent to an activating group) is 1. The molecule has 3 nitrogen and oxygen atoms in total. The van der Waals surface area contributed by atoms with Gasteiger partial charge < -0.3 is 10.1 Å². The van der Waals surface area contributed by atoms with Crippen LogP contribution in [0.15, 0.2) is 48.8 Å². The van der Waals surface area contributed by atoms with Crippen LogP contribution >= 0.6 is 11.6 Å². The molecule has 1 aromatic carbocycles. The Balaban J connectivity index is 1.89. The molecule has 2 aromatic rings. The number of rotatable bonds is 6. The van der Waals surface area contributed by atoms with E-state index in [-0.39, 0.29) is 6.04 Å². The molecule has 0 aliphatic heterocycles. The number of hydrogen-bond donors (Lipinski definition) is 1. The van der Waals surface area contributed by atoms with Crippen LogP contribution in [0.25, 0.3) is 0 Å². The maximum atomic E-state index is 5.92. The summed E-state index contributed by atoms with van der Waals surface area (Å²) >= 11 is 5.92. The molecule has 0 fully saturated rings. The van der Waals surface area contributed by atoms with Crippen LogP contribution in [0.4, 0.5) is 0 Å². The Morgan fingerprint density at radius 2 is 2.05 bits per heavy atom. The third kappa shape index (κ3) is 4.54. The quantitative estimate of drug-likeness (QED) is 0.881. The lowest BCUT2D eigenvalue weighted by Crippen LogP contribution is -2.33. The molecule has 0 bridgehead atoms. The van der Waals surface area contributed by atoms with Gasteiger partial charge in [-0.25, -0.2) is 0 Å². The van der Waals surface area contributed by atoms with Crippen molar-refractivity contribution in [1.82, 2.24) is 10.3 Å². The van der Waals surface area contributed by atoms with E-state index in [1.54, 1.807) is 12.4 Å². The highest BCUT2D eigenvalue weighted by molar-refractivity contribution is 6.30. The zero-order chi connectivity index (χ0) is 13.5. The summed E-state index contributed by atoms with van der Waals surface area (Å²) in [5.74, 6) is 0.794. The molecule has 19 heavy (non-hydrogen) atoms. The molecule has 1 unspecified atom stereocenters. The van der Waals surface area contributed by atoms with Gasteiger partial charge in [0.15, 0.2) is 0 Å². The van der Waals surface area contributed by atoms with E-state index in [1.165, 1.54) is 5.56 Å². The van der Waals surface area contributed by atoms with Gasteiger partial charge >= 0.3 is 0 Å². The summed E-state index contributed by atoms with van der Waals surface area (Å²) in [5, 5.41) is 3.94. The molecule has 4 heteroatoms. The lowest BCUT2D eigenvalue weighted by molar-refractivity contribution is 0.270. The Kier molecular flexibility index (Phi) is 5.19. The van der Waals surface area contributed by atoms with E-state index in [1.807, 2.05) is 43.4 Å². The number of benzene rings is 1. The zero-order valence-electron chi connectivity index (χ0n) is 10.8. The average Bonchev–Trinajstić information content (AvgIpc) is 2.44. The summed E-state index contributed by atoms with van der Waals surface area (Å²) in [5.41, 5.74) is 1.24. The zero-order valence-corrected chi connectivity index (χ0v) is 11.6. The molecule has 0 aliphatic carbocycles. The van der Waals surface area contributed by atoms with E-state index < -0.39 is 0 Å². The minimum Gasteiger partial charge on any atom is -0.492 e. The number of pyridine rings is 1. The number of ether oxygens (including phenoxy) is 1. The summed E-state index contributed by atoms with van der Waals surface area (Å²) in [6, 6.07) is 11.7.